The van der Waals surface area contributed by atoms with Crippen molar-refractivity contribution in [2.45, 2.75) is 31.7 Å². The van der Waals surface area contributed by atoms with Gasteiger partial charge < -0.3 is 24.9 Å². The lowest BCUT2D eigenvalue weighted by Gasteiger charge is -2.20. The standard InChI is InChI=1S/C17H19F3N6O2/c1-9(27)15-24-12-6-22-14-11(2-4-21-14)13(12)26(15)10-3-5-25(7-10)16(28)23-8-17(18,19)20/h2,4,6,9-10,27H,3,5,7-8H2,1H3,(H,21,22)(H,23,28)/t9?,10-/m1/s1. The quantitative estimate of drug-likeness (QED) is 0.633. The minimum Gasteiger partial charge on any atom is -0.385 e. The number of alkyl halides is 3. The van der Waals surface area contributed by atoms with Crippen molar-refractivity contribution in [3.63, 3.8) is 0 Å². The van der Waals surface area contributed by atoms with Gasteiger partial charge in [0.05, 0.1) is 17.8 Å². The van der Waals surface area contributed by atoms with Gasteiger partial charge in [-0.25, -0.2) is 14.8 Å². The van der Waals surface area contributed by atoms with Gasteiger partial charge in [-0.1, -0.05) is 0 Å². The van der Waals surface area contributed by atoms with Gasteiger partial charge in [0.1, 0.15) is 29.6 Å². The van der Waals surface area contributed by atoms with Crippen molar-refractivity contribution in [2.75, 3.05) is 19.6 Å². The number of aliphatic hydroxyl groups is 1. The molecule has 1 unspecified atom stereocenters. The number of rotatable bonds is 3. The number of hydrogen-bond donors (Lipinski definition) is 3. The summed E-state index contributed by atoms with van der Waals surface area (Å²) in [5.41, 5.74) is 2.07. The lowest BCUT2D eigenvalue weighted by Crippen LogP contribution is -2.42. The average Bonchev–Trinajstić information content (AvgIpc) is 3.33. The number of aromatic amines is 1. The van der Waals surface area contributed by atoms with Crippen LogP contribution in [0.3, 0.4) is 0 Å². The Balaban J connectivity index is 1.66. The third-order valence-electron chi connectivity index (χ3n) is 4.89. The Kier molecular flexibility index (Phi) is 4.41. The van der Waals surface area contributed by atoms with Gasteiger partial charge in [0.2, 0.25) is 0 Å². The molecule has 4 rings (SSSR count). The van der Waals surface area contributed by atoms with Gasteiger partial charge in [-0.2, -0.15) is 13.2 Å². The largest absolute Gasteiger partial charge is 0.405 e. The van der Waals surface area contributed by atoms with Gasteiger partial charge in [0.25, 0.3) is 0 Å². The van der Waals surface area contributed by atoms with E-state index in [-0.39, 0.29) is 12.6 Å². The van der Waals surface area contributed by atoms with Crippen LogP contribution in [-0.4, -0.2) is 61.4 Å². The Morgan fingerprint density at radius 2 is 2.29 bits per heavy atom. The first-order chi connectivity index (χ1) is 13.2. The number of H-pyrrole nitrogens is 1. The molecule has 0 aromatic carbocycles. The molecule has 0 saturated carbocycles. The summed E-state index contributed by atoms with van der Waals surface area (Å²) >= 11 is 0. The molecule has 0 aliphatic carbocycles. The van der Waals surface area contributed by atoms with Gasteiger partial charge in [0.15, 0.2) is 0 Å². The molecule has 1 saturated heterocycles. The number of aliphatic hydroxyl groups excluding tert-OH is 1. The second-order valence-corrected chi connectivity index (χ2v) is 6.91. The maximum atomic E-state index is 12.4. The Morgan fingerprint density at radius 3 is 3.00 bits per heavy atom. The molecule has 11 heteroatoms. The first kappa shape index (κ1) is 18.5. The minimum absolute atomic E-state index is 0.216. The number of likely N-dealkylation sites (tertiary alicyclic amines) is 1. The van der Waals surface area contributed by atoms with E-state index in [1.54, 1.807) is 19.3 Å². The van der Waals surface area contributed by atoms with Gasteiger partial charge in [-0.15, -0.1) is 0 Å². The number of nitrogens with zero attached hydrogens (tertiary/aromatic N) is 4. The molecular formula is C17H19F3N6O2. The number of carbonyl (C=O) groups excluding carboxylic acids is 1. The Bertz CT molecular complexity index is 1030. The zero-order valence-corrected chi connectivity index (χ0v) is 15.0. The number of nitrogens with one attached hydrogen (secondary N) is 2. The molecule has 150 valence electrons. The highest BCUT2D eigenvalue weighted by molar-refractivity contribution is 6.01. The molecule has 3 aromatic rings. The number of aromatic nitrogens is 4. The van der Waals surface area contributed by atoms with E-state index in [1.165, 1.54) is 4.90 Å². The third kappa shape index (κ3) is 3.26. The van der Waals surface area contributed by atoms with E-state index in [0.29, 0.717) is 30.0 Å². The van der Waals surface area contributed by atoms with E-state index in [4.69, 9.17) is 0 Å². The number of pyridine rings is 1. The van der Waals surface area contributed by atoms with Crippen LogP contribution in [0.15, 0.2) is 18.5 Å². The molecule has 1 aliphatic rings. The van der Waals surface area contributed by atoms with Gasteiger partial charge in [0, 0.05) is 24.7 Å². The lowest BCUT2D eigenvalue weighted by atomic mass is 10.2. The first-order valence-corrected chi connectivity index (χ1v) is 8.86. The van der Waals surface area contributed by atoms with Gasteiger partial charge in [-0.05, 0) is 19.4 Å². The van der Waals surface area contributed by atoms with Crippen molar-refractivity contribution < 1.29 is 23.1 Å². The van der Waals surface area contributed by atoms with Crippen molar-refractivity contribution in [3.8, 4) is 0 Å². The number of hydrogen-bond acceptors (Lipinski definition) is 4. The van der Waals surface area contributed by atoms with Crippen LogP contribution in [-0.2, 0) is 0 Å². The second-order valence-electron chi connectivity index (χ2n) is 6.91. The van der Waals surface area contributed by atoms with Crippen LogP contribution in [0, 0.1) is 0 Å². The molecule has 3 aromatic heterocycles. The van der Waals surface area contributed by atoms with Crippen LogP contribution in [0.25, 0.3) is 22.1 Å². The highest BCUT2D eigenvalue weighted by Gasteiger charge is 2.34. The second kappa shape index (κ2) is 6.66. The first-order valence-electron chi connectivity index (χ1n) is 8.86. The molecule has 0 spiro atoms. The van der Waals surface area contributed by atoms with E-state index < -0.39 is 24.9 Å². The summed E-state index contributed by atoms with van der Waals surface area (Å²) in [5.74, 6) is 0.438. The van der Waals surface area contributed by atoms with E-state index in [2.05, 4.69) is 15.0 Å². The smallest absolute Gasteiger partial charge is 0.385 e. The molecule has 28 heavy (non-hydrogen) atoms. The number of fused-ring (bicyclic) bond motifs is 3. The fourth-order valence-electron chi connectivity index (χ4n) is 3.70. The Hall–Kier alpha value is -2.82. The maximum absolute atomic E-state index is 12.4. The van der Waals surface area contributed by atoms with E-state index in [9.17, 15) is 23.1 Å². The summed E-state index contributed by atoms with van der Waals surface area (Å²) in [6.45, 7) is 0.773. The summed E-state index contributed by atoms with van der Waals surface area (Å²) in [6.07, 6.45) is -1.41. The van der Waals surface area contributed by atoms with Crippen molar-refractivity contribution >= 4 is 28.1 Å². The van der Waals surface area contributed by atoms with Gasteiger partial charge >= 0.3 is 12.2 Å². The van der Waals surface area contributed by atoms with Gasteiger partial charge in [-0.3, -0.25) is 0 Å². The number of imidazole rings is 1. The summed E-state index contributed by atoms with van der Waals surface area (Å²) in [6, 6.07) is 0.889. The zero-order chi connectivity index (χ0) is 20.1. The van der Waals surface area contributed by atoms with Crippen molar-refractivity contribution in [2.24, 2.45) is 0 Å². The third-order valence-corrected chi connectivity index (χ3v) is 4.89. The van der Waals surface area contributed by atoms with Crippen molar-refractivity contribution in [3.05, 3.63) is 24.3 Å². The summed E-state index contributed by atoms with van der Waals surface area (Å²) in [4.78, 5) is 25.3. The SMILES string of the molecule is CC(O)c1nc2cnc3[nH]ccc3c2n1[C@@H]1CCN(C(=O)NCC(F)(F)F)C1. The minimum atomic E-state index is -4.46. The fourth-order valence-corrected chi connectivity index (χ4v) is 3.70. The summed E-state index contributed by atoms with van der Waals surface area (Å²) in [5, 5.41) is 12.9. The molecule has 0 bridgehead atoms. The number of halogens is 3. The average molecular weight is 396 g/mol. The fraction of sp³-hybridized carbons (Fsp3) is 0.471. The number of carbonyl (C=O) groups is 1. The van der Waals surface area contributed by atoms with Crippen LogP contribution >= 0.6 is 0 Å². The predicted octanol–water partition coefficient (Wildman–Crippen LogP) is 2.48. The summed E-state index contributed by atoms with van der Waals surface area (Å²) < 4.78 is 38.9. The molecule has 3 N–H and O–H groups in total. The topological polar surface area (TPSA) is 99.1 Å². The van der Waals surface area contributed by atoms with E-state index in [0.717, 1.165) is 10.9 Å². The highest BCUT2D eigenvalue weighted by atomic mass is 19.4. The molecular weight excluding hydrogens is 377 g/mol. The lowest BCUT2D eigenvalue weighted by molar-refractivity contribution is -0.123. The predicted molar refractivity (Wildman–Crippen MR) is 94.7 cm³/mol. The molecule has 2 amide bonds. The Morgan fingerprint density at radius 1 is 1.50 bits per heavy atom. The summed E-state index contributed by atoms with van der Waals surface area (Å²) in [7, 11) is 0. The monoisotopic (exact) mass is 396 g/mol. The molecule has 8 nitrogen and oxygen atoms in total. The van der Waals surface area contributed by atoms with E-state index >= 15 is 0 Å². The molecule has 1 fully saturated rings. The zero-order valence-electron chi connectivity index (χ0n) is 15.0. The van der Waals surface area contributed by atoms with Crippen molar-refractivity contribution in [1.29, 1.82) is 0 Å². The maximum Gasteiger partial charge on any atom is 0.405 e. The Labute approximate surface area is 157 Å². The van der Waals surface area contributed by atoms with Crippen LogP contribution in [0.4, 0.5) is 18.0 Å². The van der Waals surface area contributed by atoms with Crippen LogP contribution in [0.2, 0.25) is 0 Å². The molecule has 2 atom stereocenters. The van der Waals surface area contributed by atoms with E-state index in [1.807, 2.05) is 16.0 Å². The number of amides is 2. The number of urea groups is 1. The van der Waals surface area contributed by atoms with Crippen molar-refractivity contribution in [1.82, 2.24) is 29.7 Å². The van der Waals surface area contributed by atoms with Crippen LogP contribution in [0.5, 0.6) is 0 Å². The van der Waals surface area contributed by atoms with Crippen LogP contribution in [0.1, 0.15) is 31.3 Å². The van der Waals surface area contributed by atoms with Crippen LogP contribution < -0.4 is 5.32 Å². The molecule has 1 aliphatic heterocycles. The molecule has 4 heterocycles. The highest BCUT2D eigenvalue weighted by Crippen LogP contribution is 2.33. The normalized spacial score (nSPS) is 18.9. The molecule has 0 radical (unpaired) electrons.